The highest BCUT2D eigenvalue weighted by molar-refractivity contribution is 5.72. The van der Waals surface area contributed by atoms with Crippen molar-refractivity contribution in [2.75, 3.05) is 51.5 Å². The van der Waals surface area contributed by atoms with Crippen LogP contribution in [0.3, 0.4) is 0 Å². The third-order valence-corrected chi connectivity index (χ3v) is 4.01. The summed E-state index contributed by atoms with van der Waals surface area (Å²) < 4.78 is 16.1. The fourth-order valence-corrected chi connectivity index (χ4v) is 2.75. The Bertz CT molecular complexity index is 973. The number of para-hydroxylation sites is 2. The fourth-order valence-electron chi connectivity index (χ4n) is 2.75. The molecule has 2 aromatic carbocycles. The van der Waals surface area contributed by atoms with Crippen LogP contribution >= 0.6 is 0 Å². The number of anilines is 5. The van der Waals surface area contributed by atoms with Crippen LogP contribution < -0.4 is 30.3 Å². The van der Waals surface area contributed by atoms with Crippen molar-refractivity contribution in [2.45, 2.75) is 0 Å². The Balaban J connectivity index is 1.84. The van der Waals surface area contributed by atoms with Gasteiger partial charge in [-0.2, -0.15) is 4.98 Å². The SMILES string of the molecule is COc1cc(Nc2ncnc(Nc3ccccc3NN(C)C)n2)cc(OC)c1OC. The molecule has 0 aliphatic rings. The second-order valence-corrected chi connectivity index (χ2v) is 6.35. The summed E-state index contributed by atoms with van der Waals surface area (Å²) >= 11 is 0. The molecule has 10 heteroatoms. The maximum absolute atomic E-state index is 5.38. The van der Waals surface area contributed by atoms with Crippen LogP contribution in [0.4, 0.5) is 29.0 Å². The number of hydrogen-bond acceptors (Lipinski definition) is 10. The first-order chi connectivity index (χ1) is 14.5. The number of benzene rings is 2. The van der Waals surface area contributed by atoms with Crippen LogP contribution in [0.5, 0.6) is 17.2 Å². The molecule has 3 aromatic rings. The predicted molar refractivity (Wildman–Crippen MR) is 116 cm³/mol. The van der Waals surface area contributed by atoms with Crippen LogP contribution in [-0.2, 0) is 0 Å². The average Bonchev–Trinajstić information content (AvgIpc) is 2.74. The first-order valence-electron chi connectivity index (χ1n) is 9.10. The second-order valence-electron chi connectivity index (χ2n) is 6.35. The van der Waals surface area contributed by atoms with E-state index in [-0.39, 0.29) is 0 Å². The first-order valence-corrected chi connectivity index (χ1v) is 9.10. The minimum Gasteiger partial charge on any atom is -0.493 e. The summed E-state index contributed by atoms with van der Waals surface area (Å²) in [6.07, 6.45) is 1.43. The summed E-state index contributed by atoms with van der Waals surface area (Å²) in [5, 5.41) is 8.20. The van der Waals surface area contributed by atoms with Crippen LogP contribution in [0.25, 0.3) is 0 Å². The van der Waals surface area contributed by atoms with E-state index in [2.05, 4.69) is 31.0 Å². The van der Waals surface area contributed by atoms with Gasteiger partial charge in [-0.15, -0.1) is 0 Å². The van der Waals surface area contributed by atoms with Gasteiger partial charge in [0.25, 0.3) is 0 Å². The van der Waals surface area contributed by atoms with E-state index in [4.69, 9.17) is 14.2 Å². The largest absolute Gasteiger partial charge is 0.493 e. The third kappa shape index (κ3) is 4.97. The number of aromatic nitrogens is 3. The predicted octanol–water partition coefficient (Wildman–Crippen LogP) is 3.27. The molecule has 0 amide bonds. The number of hydrazine groups is 1. The second kappa shape index (κ2) is 9.61. The zero-order chi connectivity index (χ0) is 21.5. The van der Waals surface area contributed by atoms with Crippen LogP contribution in [-0.4, -0.2) is 55.4 Å². The lowest BCUT2D eigenvalue weighted by Gasteiger charge is -2.17. The summed E-state index contributed by atoms with van der Waals surface area (Å²) in [4.78, 5) is 12.8. The summed E-state index contributed by atoms with van der Waals surface area (Å²) in [5.41, 5.74) is 5.63. The highest BCUT2D eigenvalue weighted by Crippen LogP contribution is 2.40. The molecular weight excluding hydrogens is 386 g/mol. The zero-order valence-corrected chi connectivity index (χ0v) is 17.6. The molecule has 1 heterocycles. The molecule has 0 spiro atoms. The Morgan fingerprint density at radius 3 is 1.97 bits per heavy atom. The monoisotopic (exact) mass is 411 g/mol. The van der Waals surface area contributed by atoms with E-state index in [9.17, 15) is 0 Å². The van der Waals surface area contributed by atoms with E-state index in [0.29, 0.717) is 34.8 Å². The van der Waals surface area contributed by atoms with Gasteiger partial charge in [0.1, 0.15) is 6.33 Å². The van der Waals surface area contributed by atoms with Crippen LogP contribution in [0.15, 0.2) is 42.7 Å². The van der Waals surface area contributed by atoms with Gasteiger partial charge in [-0.3, -0.25) is 0 Å². The maximum atomic E-state index is 5.38. The lowest BCUT2D eigenvalue weighted by Crippen LogP contribution is -2.20. The molecule has 10 nitrogen and oxygen atoms in total. The van der Waals surface area contributed by atoms with E-state index in [1.165, 1.54) is 6.33 Å². The van der Waals surface area contributed by atoms with Gasteiger partial charge in [-0.1, -0.05) is 12.1 Å². The normalized spacial score (nSPS) is 10.5. The number of hydrogen-bond donors (Lipinski definition) is 3. The average molecular weight is 411 g/mol. The number of methoxy groups -OCH3 is 3. The molecule has 3 N–H and O–H groups in total. The molecule has 0 aliphatic heterocycles. The Labute approximate surface area is 175 Å². The van der Waals surface area contributed by atoms with Crippen molar-refractivity contribution in [2.24, 2.45) is 0 Å². The van der Waals surface area contributed by atoms with E-state index >= 15 is 0 Å². The van der Waals surface area contributed by atoms with Crippen molar-refractivity contribution in [1.29, 1.82) is 0 Å². The van der Waals surface area contributed by atoms with Gasteiger partial charge >= 0.3 is 0 Å². The Morgan fingerprint density at radius 1 is 0.800 bits per heavy atom. The highest BCUT2D eigenvalue weighted by Gasteiger charge is 2.14. The van der Waals surface area contributed by atoms with Crippen molar-refractivity contribution in [1.82, 2.24) is 20.0 Å². The lowest BCUT2D eigenvalue weighted by atomic mass is 10.2. The van der Waals surface area contributed by atoms with Crippen LogP contribution in [0.1, 0.15) is 0 Å². The van der Waals surface area contributed by atoms with Crippen molar-refractivity contribution >= 4 is 29.0 Å². The summed E-state index contributed by atoms with van der Waals surface area (Å²) in [6, 6.07) is 11.3. The lowest BCUT2D eigenvalue weighted by molar-refractivity contribution is 0.324. The molecule has 158 valence electrons. The van der Waals surface area contributed by atoms with Gasteiger partial charge in [-0.05, 0) is 12.1 Å². The number of nitrogens with one attached hydrogen (secondary N) is 3. The Hall–Kier alpha value is -3.79. The molecule has 0 saturated carbocycles. The van der Waals surface area contributed by atoms with Crippen LogP contribution in [0.2, 0.25) is 0 Å². The van der Waals surface area contributed by atoms with Gasteiger partial charge in [0, 0.05) is 31.9 Å². The van der Waals surface area contributed by atoms with Gasteiger partial charge in [0.15, 0.2) is 11.5 Å². The zero-order valence-electron chi connectivity index (χ0n) is 17.6. The number of nitrogens with zero attached hydrogens (tertiary/aromatic N) is 4. The number of rotatable bonds is 9. The molecule has 0 fully saturated rings. The molecule has 0 unspecified atom stereocenters. The number of ether oxygens (including phenoxy) is 3. The maximum Gasteiger partial charge on any atom is 0.232 e. The highest BCUT2D eigenvalue weighted by atomic mass is 16.5. The van der Waals surface area contributed by atoms with Crippen molar-refractivity contribution < 1.29 is 14.2 Å². The van der Waals surface area contributed by atoms with Gasteiger partial charge in [0.05, 0.1) is 32.7 Å². The summed E-state index contributed by atoms with van der Waals surface area (Å²) in [6.45, 7) is 0. The van der Waals surface area contributed by atoms with E-state index in [0.717, 1.165) is 11.4 Å². The molecule has 1 aromatic heterocycles. The van der Waals surface area contributed by atoms with Crippen molar-refractivity contribution in [3.05, 3.63) is 42.7 Å². The molecular formula is C20H25N7O3. The smallest absolute Gasteiger partial charge is 0.232 e. The quantitative estimate of drug-likeness (QED) is 0.454. The van der Waals surface area contributed by atoms with Crippen molar-refractivity contribution in [3.8, 4) is 17.2 Å². The van der Waals surface area contributed by atoms with E-state index < -0.39 is 0 Å². The molecule has 0 bridgehead atoms. The molecule has 0 radical (unpaired) electrons. The topological polar surface area (TPSA) is 106 Å². The van der Waals surface area contributed by atoms with E-state index in [1.807, 2.05) is 43.4 Å². The van der Waals surface area contributed by atoms with Gasteiger partial charge < -0.3 is 30.3 Å². The minimum absolute atomic E-state index is 0.361. The fraction of sp³-hybridized carbons (Fsp3) is 0.250. The van der Waals surface area contributed by atoms with Crippen molar-refractivity contribution in [3.63, 3.8) is 0 Å². The molecule has 3 rings (SSSR count). The van der Waals surface area contributed by atoms with Crippen LogP contribution in [0, 0.1) is 0 Å². The first kappa shape index (κ1) is 20.9. The van der Waals surface area contributed by atoms with Gasteiger partial charge in [0.2, 0.25) is 17.6 Å². The Morgan fingerprint density at radius 2 is 1.40 bits per heavy atom. The summed E-state index contributed by atoms with van der Waals surface area (Å²) in [5.74, 6) is 2.31. The molecule has 0 saturated heterocycles. The standard InChI is InChI=1S/C20H25N7O3/c1-27(2)26-15-9-7-6-8-14(15)24-20-22-12-21-19(25-20)23-13-10-16(28-3)18(30-5)17(11-13)29-4/h6-12,26H,1-5H3,(H2,21,22,23,24,25). The minimum atomic E-state index is 0.361. The van der Waals surface area contributed by atoms with E-state index in [1.54, 1.807) is 33.5 Å². The van der Waals surface area contributed by atoms with Gasteiger partial charge in [-0.25, -0.2) is 15.0 Å². The third-order valence-electron chi connectivity index (χ3n) is 4.01. The molecule has 0 atom stereocenters. The summed E-state index contributed by atoms with van der Waals surface area (Å²) in [7, 11) is 8.51. The molecule has 0 aliphatic carbocycles. The Kier molecular flexibility index (Phi) is 6.71. The molecule has 30 heavy (non-hydrogen) atoms.